The molecule has 0 fully saturated rings. The second-order valence-electron chi connectivity index (χ2n) is 3.03. The number of rotatable bonds is 4. The molecule has 13 heavy (non-hydrogen) atoms. The second-order valence-corrected chi connectivity index (χ2v) is 3.03. The Balaban J connectivity index is 2.78. The first-order valence-corrected chi connectivity index (χ1v) is 4.51. The van der Waals surface area contributed by atoms with Gasteiger partial charge in [-0.2, -0.15) is 0 Å². The van der Waals surface area contributed by atoms with Gasteiger partial charge in [0.1, 0.15) is 0 Å². The highest BCUT2D eigenvalue weighted by atomic mass is 16.5. The van der Waals surface area contributed by atoms with Gasteiger partial charge in [0.15, 0.2) is 0 Å². The van der Waals surface area contributed by atoms with E-state index in [0.29, 0.717) is 0 Å². The van der Waals surface area contributed by atoms with E-state index in [9.17, 15) is 5.21 Å². The van der Waals surface area contributed by atoms with Crippen molar-refractivity contribution in [2.75, 3.05) is 7.11 Å². The summed E-state index contributed by atoms with van der Waals surface area (Å²) in [6.45, 7) is 2.11. The zero-order valence-electron chi connectivity index (χ0n) is 8.10. The maximum atomic E-state index is 9.19. The summed E-state index contributed by atoms with van der Waals surface area (Å²) in [5, 5.41) is 9.19. The average Bonchev–Trinajstić information content (AvgIpc) is 2.14. The summed E-state index contributed by atoms with van der Waals surface area (Å²) in [5.41, 5.74) is 1.01. The maximum Gasteiger partial charge on any atom is 0.228 e. The minimum absolute atomic E-state index is 0.0876. The molecule has 0 aliphatic carbocycles. The van der Waals surface area contributed by atoms with Gasteiger partial charge in [0.2, 0.25) is 12.4 Å². The van der Waals surface area contributed by atoms with Crippen molar-refractivity contribution in [1.82, 2.24) is 0 Å². The van der Waals surface area contributed by atoms with Crippen molar-refractivity contribution in [3.8, 4) is 0 Å². The van der Waals surface area contributed by atoms with Gasteiger partial charge in [0, 0.05) is 23.5 Å². The van der Waals surface area contributed by atoms with Crippen LogP contribution in [0.15, 0.2) is 24.5 Å². The van der Waals surface area contributed by atoms with Gasteiger partial charge < -0.3 is 4.74 Å². The van der Waals surface area contributed by atoms with Crippen LogP contribution < -0.4 is 4.73 Å². The highest BCUT2D eigenvalue weighted by molar-refractivity contribution is 5.09. The predicted octanol–water partition coefficient (Wildman–Crippen LogP) is 1.70. The molecule has 1 aromatic heterocycles. The smallest absolute Gasteiger partial charge is 0.228 e. The largest absolute Gasteiger partial charge is 0.377 e. The molecule has 72 valence electrons. The number of hydrogen-bond donors (Lipinski definition) is 1. The summed E-state index contributed by atoms with van der Waals surface area (Å²) < 4.78 is 6.36. The van der Waals surface area contributed by atoms with E-state index in [0.717, 1.165) is 23.1 Å². The van der Waals surface area contributed by atoms with Gasteiger partial charge in [-0.3, -0.25) is 5.21 Å². The van der Waals surface area contributed by atoms with E-state index in [4.69, 9.17) is 4.74 Å². The van der Waals surface area contributed by atoms with Crippen molar-refractivity contribution >= 4 is 0 Å². The van der Waals surface area contributed by atoms with Crippen LogP contribution in [0.5, 0.6) is 0 Å². The standard InChI is InChI=1S/C10H16NO2/c1-3-5-10(13-2)9-6-4-7-11(12)8-9/h4,6-8,10,12H,3,5H2,1-2H3/q+1. The molecule has 1 aromatic rings. The lowest BCUT2D eigenvalue weighted by Crippen LogP contribution is -2.29. The Kier molecular flexibility index (Phi) is 3.71. The molecule has 1 rings (SSSR count). The molecule has 1 atom stereocenters. The Morgan fingerprint density at radius 1 is 1.62 bits per heavy atom. The number of methoxy groups -OCH3 is 1. The van der Waals surface area contributed by atoms with Crippen LogP contribution >= 0.6 is 0 Å². The molecule has 1 heterocycles. The normalized spacial score (nSPS) is 12.8. The molecule has 1 unspecified atom stereocenters. The summed E-state index contributed by atoms with van der Waals surface area (Å²) in [7, 11) is 1.69. The highest BCUT2D eigenvalue weighted by Crippen LogP contribution is 2.19. The van der Waals surface area contributed by atoms with E-state index in [2.05, 4.69) is 6.92 Å². The van der Waals surface area contributed by atoms with Crippen molar-refractivity contribution < 1.29 is 14.7 Å². The first-order valence-electron chi connectivity index (χ1n) is 4.51. The molecule has 0 spiro atoms. The number of nitrogens with zero attached hydrogens (tertiary/aromatic N) is 1. The van der Waals surface area contributed by atoms with Gasteiger partial charge in [-0.15, -0.1) is 0 Å². The first kappa shape index (κ1) is 9.99. The van der Waals surface area contributed by atoms with Gasteiger partial charge >= 0.3 is 0 Å². The molecule has 0 radical (unpaired) electrons. The van der Waals surface area contributed by atoms with Crippen LogP contribution in [0.1, 0.15) is 31.4 Å². The van der Waals surface area contributed by atoms with Crippen LogP contribution in [-0.4, -0.2) is 12.3 Å². The zero-order chi connectivity index (χ0) is 9.68. The summed E-state index contributed by atoms with van der Waals surface area (Å²) >= 11 is 0. The average molecular weight is 182 g/mol. The molecule has 0 saturated heterocycles. The molecule has 0 aliphatic rings. The number of ether oxygens (including phenoxy) is 1. The molecule has 1 N–H and O–H groups in total. The lowest BCUT2D eigenvalue weighted by Gasteiger charge is -2.11. The van der Waals surface area contributed by atoms with E-state index in [1.165, 1.54) is 0 Å². The van der Waals surface area contributed by atoms with E-state index >= 15 is 0 Å². The minimum atomic E-state index is 0.0876. The van der Waals surface area contributed by atoms with Crippen LogP contribution in [0, 0.1) is 0 Å². The minimum Gasteiger partial charge on any atom is -0.377 e. The SMILES string of the molecule is CCCC(OC)c1ccc[n+](O)c1. The third-order valence-corrected chi connectivity index (χ3v) is 2.02. The molecule has 3 nitrogen and oxygen atoms in total. The van der Waals surface area contributed by atoms with Crippen LogP contribution in [0.25, 0.3) is 0 Å². The lowest BCUT2D eigenvalue weighted by molar-refractivity contribution is -0.905. The number of aromatic nitrogens is 1. The zero-order valence-corrected chi connectivity index (χ0v) is 8.10. The van der Waals surface area contributed by atoms with Crippen molar-refractivity contribution in [2.24, 2.45) is 0 Å². The Morgan fingerprint density at radius 2 is 2.38 bits per heavy atom. The third kappa shape index (κ3) is 2.70. The fourth-order valence-corrected chi connectivity index (χ4v) is 1.35. The summed E-state index contributed by atoms with van der Waals surface area (Å²) in [6.07, 6.45) is 5.38. The van der Waals surface area contributed by atoms with Gasteiger partial charge in [-0.25, -0.2) is 0 Å². The molecule has 0 amide bonds. The molecule has 0 aromatic carbocycles. The molecule has 0 saturated carbocycles. The third-order valence-electron chi connectivity index (χ3n) is 2.02. The lowest BCUT2D eigenvalue weighted by atomic mass is 10.1. The quantitative estimate of drug-likeness (QED) is 0.568. The number of pyridine rings is 1. The van der Waals surface area contributed by atoms with E-state index in [1.54, 1.807) is 25.6 Å². The second kappa shape index (κ2) is 4.82. The van der Waals surface area contributed by atoms with Crippen molar-refractivity contribution in [2.45, 2.75) is 25.9 Å². The Labute approximate surface area is 78.5 Å². The molecule has 0 bridgehead atoms. The van der Waals surface area contributed by atoms with Gasteiger partial charge in [-0.05, 0) is 12.5 Å². The maximum absolute atomic E-state index is 9.19. The van der Waals surface area contributed by atoms with Crippen LogP contribution in [-0.2, 0) is 4.74 Å². The van der Waals surface area contributed by atoms with E-state index < -0.39 is 0 Å². The summed E-state index contributed by atoms with van der Waals surface area (Å²) in [6, 6.07) is 3.76. The van der Waals surface area contributed by atoms with E-state index in [1.807, 2.05) is 6.07 Å². The first-order chi connectivity index (χ1) is 6.27. The van der Waals surface area contributed by atoms with Gasteiger partial charge in [0.05, 0.1) is 6.10 Å². The molecular formula is C10H16NO2+. The van der Waals surface area contributed by atoms with Crippen molar-refractivity contribution in [3.05, 3.63) is 30.1 Å². The fourth-order valence-electron chi connectivity index (χ4n) is 1.35. The van der Waals surface area contributed by atoms with Gasteiger partial charge in [-0.1, -0.05) is 13.3 Å². The van der Waals surface area contributed by atoms with Crippen molar-refractivity contribution in [1.29, 1.82) is 0 Å². The fraction of sp³-hybridized carbons (Fsp3) is 0.500. The highest BCUT2D eigenvalue weighted by Gasteiger charge is 2.12. The van der Waals surface area contributed by atoms with Gasteiger partial charge in [0.25, 0.3) is 0 Å². The molecule has 0 aliphatic heterocycles. The Morgan fingerprint density at radius 3 is 2.92 bits per heavy atom. The predicted molar refractivity (Wildman–Crippen MR) is 48.5 cm³/mol. The van der Waals surface area contributed by atoms with Crippen molar-refractivity contribution in [3.63, 3.8) is 0 Å². The topological polar surface area (TPSA) is 33.3 Å². The summed E-state index contributed by atoms with van der Waals surface area (Å²) in [4.78, 5) is 0. The van der Waals surface area contributed by atoms with Crippen LogP contribution in [0.2, 0.25) is 0 Å². The Hall–Kier alpha value is -1.09. The number of hydrogen-bond acceptors (Lipinski definition) is 2. The van der Waals surface area contributed by atoms with E-state index in [-0.39, 0.29) is 6.10 Å². The van der Waals surface area contributed by atoms with Crippen LogP contribution in [0.4, 0.5) is 0 Å². The monoisotopic (exact) mass is 182 g/mol. The van der Waals surface area contributed by atoms with Crippen LogP contribution in [0.3, 0.4) is 0 Å². The Bertz CT molecular complexity index is 263. The molecule has 3 heteroatoms. The molecular weight excluding hydrogens is 166 g/mol. The summed E-state index contributed by atoms with van der Waals surface area (Å²) in [5.74, 6) is 0.